The van der Waals surface area contributed by atoms with Crippen LogP contribution in [-0.4, -0.2) is 63.1 Å². The summed E-state index contributed by atoms with van der Waals surface area (Å²) in [4.78, 5) is 25.9. The van der Waals surface area contributed by atoms with Gasteiger partial charge in [-0.15, -0.1) is 0 Å². The summed E-state index contributed by atoms with van der Waals surface area (Å²) in [5.74, 6) is -1.50. The minimum Gasteiger partial charge on any atom is -0.451 e. The van der Waals surface area contributed by atoms with E-state index in [0.29, 0.717) is 5.56 Å². The van der Waals surface area contributed by atoms with Gasteiger partial charge in [-0.05, 0) is 29.5 Å². The van der Waals surface area contributed by atoms with Crippen molar-refractivity contribution in [2.75, 3.05) is 6.61 Å². The molecule has 0 aliphatic carbocycles. The van der Waals surface area contributed by atoms with Crippen molar-refractivity contribution in [3.05, 3.63) is 107 Å². The van der Waals surface area contributed by atoms with E-state index in [4.69, 9.17) is 15.6 Å². The lowest BCUT2D eigenvalue weighted by atomic mass is 9.92. The van der Waals surface area contributed by atoms with E-state index in [1.54, 1.807) is 18.2 Å². The number of nitrogens with two attached hydrogens (primary N) is 1. The third-order valence-electron chi connectivity index (χ3n) is 5.88. The second kappa shape index (κ2) is 13.1. The summed E-state index contributed by atoms with van der Waals surface area (Å²) in [6.07, 6.45) is -6.11. The Hall–Kier alpha value is -3.40. The number of esters is 1. The molecule has 4 atom stereocenters. The lowest BCUT2D eigenvalue weighted by Gasteiger charge is -2.23. The van der Waals surface area contributed by atoms with Gasteiger partial charge >= 0.3 is 5.97 Å². The fourth-order valence-electron chi connectivity index (χ4n) is 3.87. The molecule has 0 saturated carbocycles. The first-order valence-electron chi connectivity index (χ1n) is 11.7. The quantitative estimate of drug-likeness (QED) is 0.188. The largest absolute Gasteiger partial charge is 0.451 e. The van der Waals surface area contributed by atoms with Crippen LogP contribution in [0.2, 0.25) is 0 Å². The molecular formula is C28H31NO7. The molecule has 36 heavy (non-hydrogen) atoms. The zero-order valence-corrected chi connectivity index (χ0v) is 19.7. The molecular weight excluding hydrogens is 462 g/mol. The number of ketones is 1. The molecule has 3 aromatic carbocycles. The minimum absolute atomic E-state index is 0.0565. The summed E-state index contributed by atoms with van der Waals surface area (Å²) in [5, 5.41) is 39.2. The average Bonchev–Trinajstić information content (AvgIpc) is 2.91. The Kier molecular flexibility index (Phi) is 9.86. The molecule has 0 spiro atoms. The highest BCUT2D eigenvalue weighted by molar-refractivity contribution is 6.01. The summed E-state index contributed by atoms with van der Waals surface area (Å²) >= 11 is 0. The van der Waals surface area contributed by atoms with E-state index in [1.165, 1.54) is 6.07 Å². The van der Waals surface area contributed by atoms with Crippen LogP contribution >= 0.6 is 0 Å². The lowest BCUT2D eigenvalue weighted by Crippen LogP contribution is -2.43. The maximum absolute atomic E-state index is 13.0. The monoisotopic (exact) mass is 493 g/mol. The number of aliphatic hydroxyl groups is 4. The van der Waals surface area contributed by atoms with Gasteiger partial charge in [0, 0.05) is 12.2 Å². The lowest BCUT2D eigenvalue weighted by molar-refractivity contribution is -0.149. The van der Waals surface area contributed by atoms with Crippen molar-refractivity contribution in [2.45, 2.75) is 43.3 Å². The fraction of sp³-hybridized carbons (Fsp3) is 0.286. The molecule has 0 aliphatic rings. The van der Waals surface area contributed by atoms with E-state index in [2.05, 4.69) is 0 Å². The first-order valence-corrected chi connectivity index (χ1v) is 11.7. The summed E-state index contributed by atoms with van der Waals surface area (Å²) in [6, 6.07) is 23.7. The van der Waals surface area contributed by atoms with Crippen molar-refractivity contribution < 1.29 is 34.8 Å². The Balaban J connectivity index is 1.76. The number of rotatable bonds is 12. The maximum atomic E-state index is 13.0. The van der Waals surface area contributed by atoms with Gasteiger partial charge in [0.2, 0.25) is 0 Å². The van der Waals surface area contributed by atoms with Crippen LogP contribution in [0.25, 0.3) is 0 Å². The van der Waals surface area contributed by atoms with Crippen LogP contribution in [-0.2, 0) is 16.0 Å². The molecule has 0 aliphatic heterocycles. The second-order valence-corrected chi connectivity index (χ2v) is 8.49. The first-order chi connectivity index (χ1) is 17.3. The zero-order chi connectivity index (χ0) is 26.1. The Bertz CT molecular complexity index is 1080. The van der Waals surface area contributed by atoms with E-state index in [-0.39, 0.29) is 18.4 Å². The topological polar surface area (TPSA) is 150 Å². The fourth-order valence-corrected chi connectivity index (χ4v) is 3.87. The van der Waals surface area contributed by atoms with Gasteiger partial charge < -0.3 is 30.9 Å². The number of benzene rings is 3. The van der Waals surface area contributed by atoms with E-state index in [1.807, 2.05) is 60.7 Å². The maximum Gasteiger partial charge on any atom is 0.324 e. The molecule has 3 aromatic rings. The summed E-state index contributed by atoms with van der Waals surface area (Å²) < 4.78 is 5.81. The Morgan fingerprint density at radius 1 is 0.806 bits per heavy atom. The van der Waals surface area contributed by atoms with Crippen LogP contribution in [0.3, 0.4) is 0 Å². The number of carbonyl (C=O) groups excluding carboxylic acids is 2. The Morgan fingerprint density at radius 3 is 1.89 bits per heavy atom. The van der Waals surface area contributed by atoms with Gasteiger partial charge in [-0.1, -0.05) is 84.9 Å². The van der Waals surface area contributed by atoms with Crippen molar-refractivity contribution in [2.24, 2.45) is 5.73 Å². The molecule has 0 bridgehead atoms. The predicted molar refractivity (Wildman–Crippen MR) is 133 cm³/mol. The molecule has 8 heteroatoms. The Labute approximate surface area is 209 Å². The first kappa shape index (κ1) is 27.2. The van der Waals surface area contributed by atoms with Gasteiger partial charge in [0.05, 0.1) is 6.10 Å². The Morgan fingerprint density at radius 2 is 1.33 bits per heavy atom. The molecule has 0 amide bonds. The third-order valence-corrected chi connectivity index (χ3v) is 5.88. The van der Waals surface area contributed by atoms with Crippen molar-refractivity contribution >= 4 is 11.8 Å². The summed E-state index contributed by atoms with van der Waals surface area (Å²) in [7, 11) is 0. The minimum atomic E-state index is -1.92. The van der Waals surface area contributed by atoms with E-state index in [9.17, 15) is 24.9 Å². The van der Waals surface area contributed by atoms with Gasteiger partial charge in [0.15, 0.2) is 11.9 Å². The molecule has 0 saturated heterocycles. The number of Topliss-reactive ketones (excluding diaryl/α,β-unsaturated/α-hetero) is 1. The molecule has 4 unspecified atom stereocenters. The van der Waals surface area contributed by atoms with Crippen molar-refractivity contribution in [3.63, 3.8) is 0 Å². The van der Waals surface area contributed by atoms with Crippen LogP contribution in [0.1, 0.15) is 39.6 Å². The highest BCUT2D eigenvalue weighted by Crippen LogP contribution is 2.26. The van der Waals surface area contributed by atoms with Crippen molar-refractivity contribution in [1.82, 2.24) is 0 Å². The van der Waals surface area contributed by atoms with E-state index in [0.717, 1.165) is 11.1 Å². The number of ether oxygens (including phenoxy) is 1. The smallest absolute Gasteiger partial charge is 0.324 e. The molecule has 0 fully saturated rings. The summed E-state index contributed by atoms with van der Waals surface area (Å²) in [6.45, 7) is -0.417. The SMILES string of the molecule is NC(Cc1ccccc1C(=O)C(O)C(O)C(O)CCO)C(=O)OC(c1ccccc1)c1ccccc1. The van der Waals surface area contributed by atoms with Crippen LogP contribution in [0.15, 0.2) is 84.9 Å². The molecule has 0 heterocycles. The van der Waals surface area contributed by atoms with Gasteiger partial charge in [-0.3, -0.25) is 9.59 Å². The van der Waals surface area contributed by atoms with Crippen LogP contribution in [0, 0.1) is 0 Å². The standard InChI is InChI=1S/C28H31NO7/c29-22(28(35)36-27(18-9-3-1-4-10-18)19-11-5-2-6-12-19)17-20-13-7-8-14-21(20)24(32)26(34)25(33)23(31)15-16-30/h1-14,22-23,25-27,30-31,33-34H,15-17,29H2. The van der Waals surface area contributed by atoms with Crippen LogP contribution in [0.5, 0.6) is 0 Å². The van der Waals surface area contributed by atoms with Crippen LogP contribution in [0.4, 0.5) is 0 Å². The number of hydrogen-bond donors (Lipinski definition) is 5. The average molecular weight is 494 g/mol. The number of aliphatic hydroxyl groups excluding tert-OH is 4. The van der Waals surface area contributed by atoms with E-state index >= 15 is 0 Å². The second-order valence-electron chi connectivity index (χ2n) is 8.49. The van der Waals surface area contributed by atoms with Gasteiger partial charge in [-0.2, -0.15) is 0 Å². The molecule has 0 aromatic heterocycles. The number of hydrogen-bond acceptors (Lipinski definition) is 8. The predicted octanol–water partition coefficient (Wildman–Crippen LogP) is 1.54. The van der Waals surface area contributed by atoms with Crippen LogP contribution < -0.4 is 5.73 Å². The van der Waals surface area contributed by atoms with Crippen molar-refractivity contribution in [3.8, 4) is 0 Å². The van der Waals surface area contributed by atoms with E-state index < -0.39 is 48.8 Å². The van der Waals surface area contributed by atoms with Gasteiger partial charge in [0.1, 0.15) is 18.2 Å². The number of carbonyl (C=O) groups is 2. The van der Waals surface area contributed by atoms with Crippen molar-refractivity contribution in [1.29, 1.82) is 0 Å². The molecule has 0 radical (unpaired) electrons. The molecule has 3 rings (SSSR count). The van der Waals surface area contributed by atoms with Gasteiger partial charge in [-0.25, -0.2) is 0 Å². The molecule has 6 N–H and O–H groups in total. The highest BCUT2D eigenvalue weighted by Gasteiger charge is 2.32. The van der Waals surface area contributed by atoms with Gasteiger partial charge in [0.25, 0.3) is 0 Å². The zero-order valence-electron chi connectivity index (χ0n) is 19.7. The normalized spacial score (nSPS) is 14.6. The molecule has 190 valence electrons. The highest BCUT2D eigenvalue weighted by atomic mass is 16.5. The molecule has 8 nitrogen and oxygen atoms in total. The third kappa shape index (κ3) is 6.84. The summed E-state index contributed by atoms with van der Waals surface area (Å²) in [5.41, 5.74) is 8.18.